The maximum atomic E-state index is 12.7. The summed E-state index contributed by atoms with van der Waals surface area (Å²) in [7, 11) is 0. The number of benzene rings is 1. The van der Waals surface area contributed by atoms with Crippen LogP contribution in [0.1, 0.15) is 62.9 Å². The SMILES string of the molecule is CC.CC(C)(O)c1ccc(-n2ccc3cc(C(=O)N4CCCCC4)cnc32)cc1. The van der Waals surface area contributed by atoms with Gasteiger partial charge >= 0.3 is 0 Å². The van der Waals surface area contributed by atoms with Gasteiger partial charge in [-0.05, 0) is 62.9 Å². The van der Waals surface area contributed by atoms with Crippen molar-refractivity contribution in [2.75, 3.05) is 13.1 Å². The number of carbonyl (C=O) groups excluding carboxylic acids is 1. The molecule has 0 radical (unpaired) electrons. The molecule has 5 nitrogen and oxygen atoms in total. The van der Waals surface area contributed by atoms with Crippen LogP contribution in [0.15, 0.2) is 48.8 Å². The molecule has 3 heterocycles. The Kier molecular flexibility index (Phi) is 6.38. The topological polar surface area (TPSA) is 58.4 Å². The molecule has 1 fully saturated rings. The molecule has 1 saturated heterocycles. The summed E-state index contributed by atoms with van der Waals surface area (Å²) in [5.74, 6) is 0.0754. The van der Waals surface area contributed by atoms with Crippen molar-refractivity contribution in [1.29, 1.82) is 0 Å². The molecule has 4 rings (SSSR count). The Morgan fingerprint density at radius 3 is 2.31 bits per heavy atom. The van der Waals surface area contributed by atoms with Gasteiger partial charge in [0, 0.05) is 36.6 Å². The lowest BCUT2D eigenvalue weighted by Gasteiger charge is -2.26. The third-order valence-corrected chi connectivity index (χ3v) is 5.27. The summed E-state index contributed by atoms with van der Waals surface area (Å²) in [4.78, 5) is 19.2. The molecule has 0 unspecified atom stereocenters. The number of nitrogens with zero attached hydrogens (tertiary/aromatic N) is 3. The van der Waals surface area contributed by atoms with E-state index in [9.17, 15) is 9.90 Å². The number of rotatable bonds is 3. The fourth-order valence-corrected chi connectivity index (χ4v) is 3.66. The van der Waals surface area contributed by atoms with E-state index in [-0.39, 0.29) is 5.91 Å². The largest absolute Gasteiger partial charge is 0.386 e. The zero-order chi connectivity index (χ0) is 21.0. The van der Waals surface area contributed by atoms with E-state index >= 15 is 0 Å². The monoisotopic (exact) mass is 393 g/mol. The summed E-state index contributed by atoms with van der Waals surface area (Å²) < 4.78 is 2.00. The summed E-state index contributed by atoms with van der Waals surface area (Å²) in [6, 6.07) is 11.7. The molecule has 0 spiro atoms. The first-order chi connectivity index (χ1) is 13.9. The summed E-state index contributed by atoms with van der Waals surface area (Å²) >= 11 is 0. The summed E-state index contributed by atoms with van der Waals surface area (Å²) in [6.45, 7) is 9.22. The fraction of sp³-hybridized carbons (Fsp3) is 0.417. The molecule has 3 aromatic rings. The lowest BCUT2D eigenvalue weighted by atomic mass is 9.98. The number of fused-ring (bicyclic) bond motifs is 1. The minimum Gasteiger partial charge on any atom is -0.386 e. The van der Waals surface area contributed by atoms with E-state index < -0.39 is 5.60 Å². The highest BCUT2D eigenvalue weighted by molar-refractivity contribution is 5.97. The van der Waals surface area contributed by atoms with Crippen molar-refractivity contribution in [2.24, 2.45) is 0 Å². The number of hydrogen-bond donors (Lipinski definition) is 1. The Morgan fingerprint density at radius 2 is 1.69 bits per heavy atom. The molecule has 0 saturated carbocycles. The Bertz CT molecular complexity index is 962. The van der Waals surface area contributed by atoms with Crippen molar-refractivity contribution in [1.82, 2.24) is 14.5 Å². The van der Waals surface area contributed by atoms with E-state index in [4.69, 9.17) is 0 Å². The first-order valence-electron chi connectivity index (χ1n) is 10.5. The number of amides is 1. The van der Waals surface area contributed by atoms with Crippen molar-refractivity contribution < 1.29 is 9.90 Å². The van der Waals surface area contributed by atoms with Crippen molar-refractivity contribution in [3.63, 3.8) is 0 Å². The number of aliphatic hydroxyl groups is 1. The number of aromatic nitrogens is 2. The standard InChI is InChI=1S/C22H25N3O2.C2H6/c1-22(2,27)18-6-8-19(9-7-18)25-13-10-16-14-17(15-23-20(16)25)21(26)24-11-4-3-5-12-24;1-2/h6-10,13-15,27H,3-5,11-12H2,1-2H3;1-2H3. The highest BCUT2D eigenvalue weighted by Crippen LogP contribution is 2.24. The van der Waals surface area contributed by atoms with Gasteiger partial charge in [-0.1, -0.05) is 26.0 Å². The second-order valence-electron chi connectivity index (χ2n) is 7.78. The molecule has 1 aromatic carbocycles. The molecule has 2 aromatic heterocycles. The molecule has 0 aliphatic carbocycles. The summed E-state index contributed by atoms with van der Waals surface area (Å²) in [5.41, 5.74) is 2.45. The van der Waals surface area contributed by atoms with Crippen molar-refractivity contribution in [2.45, 2.75) is 52.6 Å². The third kappa shape index (κ3) is 4.51. The van der Waals surface area contributed by atoms with Crippen LogP contribution in [0.5, 0.6) is 0 Å². The van der Waals surface area contributed by atoms with E-state index in [1.807, 2.05) is 65.9 Å². The van der Waals surface area contributed by atoms with Crippen LogP contribution in [0.3, 0.4) is 0 Å². The van der Waals surface area contributed by atoms with Crippen LogP contribution in [0.4, 0.5) is 0 Å². The van der Waals surface area contributed by atoms with E-state index in [1.54, 1.807) is 20.0 Å². The van der Waals surface area contributed by atoms with Crippen LogP contribution < -0.4 is 0 Å². The molecule has 1 aliphatic rings. The summed E-state index contributed by atoms with van der Waals surface area (Å²) in [5, 5.41) is 11.1. The molecule has 0 atom stereocenters. The first-order valence-corrected chi connectivity index (χ1v) is 10.5. The predicted octanol–water partition coefficient (Wildman–Crippen LogP) is 4.91. The maximum Gasteiger partial charge on any atom is 0.255 e. The molecular formula is C24H31N3O2. The van der Waals surface area contributed by atoms with Crippen LogP contribution in [-0.2, 0) is 5.60 Å². The van der Waals surface area contributed by atoms with Gasteiger partial charge in [0.05, 0.1) is 11.2 Å². The molecule has 0 bridgehead atoms. The number of pyridine rings is 1. The third-order valence-electron chi connectivity index (χ3n) is 5.27. The Morgan fingerprint density at radius 1 is 1.03 bits per heavy atom. The van der Waals surface area contributed by atoms with Gasteiger partial charge < -0.3 is 14.6 Å². The minimum atomic E-state index is -0.862. The molecule has 1 aliphatic heterocycles. The lowest BCUT2D eigenvalue weighted by molar-refractivity contribution is 0.0723. The van der Waals surface area contributed by atoms with E-state index in [0.29, 0.717) is 5.56 Å². The lowest BCUT2D eigenvalue weighted by Crippen LogP contribution is -2.35. The maximum absolute atomic E-state index is 12.7. The van der Waals surface area contributed by atoms with Crippen LogP contribution in [0, 0.1) is 0 Å². The average Bonchev–Trinajstić information content (AvgIpc) is 3.18. The van der Waals surface area contributed by atoms with E-state index in [0.717, 1.165) is 48.2 Å². The van der Waals surface area contributed by atoms with Crippen LogP contribution in [0.2, 0.25) is 0 Å². The Balaban J connectivity index is 0.00000117. The van der Waals surface area contributed by atoms with Crippen molar-refractivity contribution in [3.8, 4) is 5.69 Å². The van der Waals surface area contributed by atoms with Gasteiger partial charge in [-0.2, -0.15) is 0 Å². The number of likely N-dealkylation sites (tertiary alicyclic amines) is 1. The van der Waals surface area contributed by atoms with Gasteiger partial charge in [-0.25, -0.2) is 4.98 Å². The molecule has 1 N–H and O–H groups in total. The van der Waals surface area contributed by atoms with Gasteiger partial charge in [0.1, 0.15) is 5.65 Å². The molecular weight excluding hydrogens is 362 g/mol. The zero-order valence-corrected chi connectivity index (χ0v) is 17.9. The molecule has 5 heteroatoms. The second-order valence-corrected chi connectivity index (χ2v) is 7.78. The molecule has 1 amide bonds. The molecule has 29 heavy (non-hydrogen) atoms. The average molecular weight is 394 g/mol. The van der Waals surface area contributed by atoms with E-state index in [2.05, 4.69) is 4.98 Å². The number of carbonyl (C=O) groups is 1. The Labute approximate surface area is 173 Å². The predicted molar refractivity (Wildman–Crippen MR) is 117 cm³/mol. The zero-order valence-electron chi connectivity index (χ0n) is 17.9. The summed E-state index contributed by atoms with van der Waals surface area (Å²) in [6.07, 6.45) is 7.01. The highest BCUT2D eigenvalue weighted by atomic mass is 16.3. The van der Waals surface area contributed by atoms with Gasteiger partial charge in [-0.3, -0.25) is 4.79 Å². The quantitative estimate of drug-likeness (QED) is 0.688. The van der Waals surface area contributed by atoms with Crippen LogP contribution >= 0.6 is 0 Å². The van der Waals surface area contributed by atoms with Gasteiger partial charge in [-0.15, -0.1) is 0 Å². The van der Waals surface area contributed by atoms with Gasteiger partial charge in [0.15, 0.2) is 0 Å². The minimum absolute atomic E-state index is 0.0754. The van der Waals surface area contributed by atoms with Crippen LogP contribution in [0.25, 0.3) is 16.7 Å². The number of piperidine rings is 1. The van der Waals surface area contributed by atoms with E-state index in [1.165, 1.54) is 6.42 Å². The van der Waals surface area contributed by atoms with Crippen LogP contribution in [-0.4, -0.2) is 38.6 Å². The Hall–Kier alpha value is -2.66. The van der Waals surface area contributed by atoms with Crippen molar-refractivity contribution >= 4 is 16.9 Å². The van der Waals surface area contributed by atoms with Gasteiger partial charge in [0.25, 0.3) is 5.91 Å². The number of hydrogen-bond acceptors (Lipinski definition) is 3. The fourth-order valence-electron chi connectivity index (χ4n) is 3.66. The van der Waals surface area contributed by atoms with Gasteiger partial charge in [0.2, 0.25) is 0 Å². The normalized spacial score (nSPS) is 14.4. The second kappa shape index (κ2) is 8.78. The highest BCUT2D eigenvalue weighted by Gasteiger charge is 2.19. The van der Waals surface area contributed by atoms with Crippen molar-refractivity contribution in [3.05, 3.63) is 59.9 Å². The smallest absolute Gasteiger partial charge is 0.255 e. The first kappa shape index (κ1) is 21.1. The molecule has 154 valence electrons.